The topological polar surface area (TPSA) is 98.0 Å². The maximum Gasteiger partial charge on any atom is 0.241 e. The fourth-order valence-corrected chi connectivity index (χ4v) is 2.56. The van der Waals surface area contributed by atoms with Gasteiger partial charge in [0.25, 0.3) is 0 Å². The van der Waals surface area contributed by atoms with Crippen LogP contribution in [0.1, 0.15) is 11.1 Å². The van der Waals surface area contributed by atoms with Gasteiger partial charge in [-0.15, -0.1) is 0 Å². The molecular formula is C12H14N4O2S. The summed E-state index contributed by atoms with van der Waals surface area (Å²) >= 11 is 0. The fraction of sp³-hybridized carbons (Fsp3) is 0.167. The Morgan fingerprint density at radius 3 is 2.79 bits per heavy atom. The van der Waals surface area contributed by atoms with Crippen LogP contribution < -0.4 is 10.5 Å². The molecule has 0 aliphatic heterocycles. The van der Waals surface area contributed by atoms with Gasteiger partial charge in [0.05, 0.1) is 4.90 Å². The number of rotatable bonds is 4. The van der Waals surface area contributed by atoms with E-state index in [1.165, 1.54) is 18.3 Å². The average molecular weight is 278 g/mol. The van der Waals surface area contributed by atoms with Gasteiger partial charge in [0.1, 0.15) is 5.82 Å². The summed E-state index contributed by atoms with van der Waals surface area (Å²) in [5, 5.41) is 0. The molecule has 19 heavy (non-hydrogen) atoms. The van der Waals surface area contributed by atoms with Crippen LogP contribution in [0.2, 0.25) is 0 Å². The van der Waals surface area contributed by atoms with E-state index >= 15 is 0 Å². The SMILES string of the molecule is Cc1ccncc1CNS(=O)(=O)c1ccnc(N)c1. The van der Waals surface area contributed by atoms with Gasteiger partial charge in [0, 0.05) is 31.2 Å². The van der Waals surface area contributed by atoms with E-state index in [-0.39, 0.29) is 17.3 Å². The first-order valence-corrected chi connectivity index (χ1v) is 7.08. The molecule has 2 rings (SSSR count). The molecular weight excluding hydrogens is 264 g/mol. The normalized spacial score (nSPS) is 11.4. The van der Waals surface area contributed by atoms with Crippen LogP contribution in [0.5, 0.6) is 0 Å². The Kier molecular flexibility index (Phi) is 3.77. The van der Waals surface area contributed by atoms with E-state index in [0.717, 1.165) is 11.1 Å². The summed E-state index contributed by atoms with van der Waals surface area (Å²) in [5.41, 5.74) is 7.28. The van der Waals surface area contributed by atoms with Crippen LogP contribution in [0.3, 0.4) is 0 Å². The lowest BCUT2D eigenvalue weighted by atomic mass is 10.2. The van der Waals surface area contributed by atoms with Crippen molar-refractivity contribution < 1.29 is 8.42 Å². The molecule has 0 atom stereocenters. The first-order chi connectivity index (χ1) is 8.99. The predicted octanol–water partition coefficient (Wildman–Crippen LogP) is 0.846. The molecule has 3 N–H and O–H groups in total. The molecule has 0 aliphatic carbocycles. The first kappa shape index (κ1) is 13.4. The number of pyridine rings is 2. The van der Waals surface area contributed by atoms with E-state index in [4.69, 9.17) is 5.73 Å². The van der Waals surface area contributed by atoms with Crippen molar-refractivity contribution in [1.29, 1.82) is 0 Å². The molecule has 0 spiro atoms. The smallest absolute Gasteiger partial charge is 0.241 e. The highest BCUT2D eigenvalue weighted by molar-refractivity contribution is 7.89. The zero-order chi connectivity index (χ0) is 13.9. The second-order valence-electron chi connectivity index (χ2n) is 4.04. The standard InChI is InChI=1S/C12H14N4O2S/c1-9-2-4-14-7-10(9)8-16-19(17,18)11-3-5-15-12(13)6-11/h2-7,16H,8H2,1H3,(H2,13,15). The van der Waals surface area contributed by atoms with E-state index in [0.29, 0.717) is 0 Å². The second kappa shape index (κ2) is 5.33. The van der Waals surface area contributed by atoms with E-state index < -0.39 is 10.0 Å². The van der Waals surface area contributed by atoms with Gasteiger partial charge in [-0.25, -0.2) is 18.1 Å². The molecule has 0 saturated heterocycles. The molecule has 100 valence electrons. The third-order valence-electron chi connectivity index (χ3n) is 2.66. The molecule has 7 heteroatoms. The van der Waals surface area contributed by atoms with Crippen LogP contribution in [-0.2, 0) is 16.6 Å². The van der Waals surface area contributed by atoms with Crippen molar-refractivity contribution in [2.75, 3.05) is 5.73 Å². The summed E-state index contributed by atoms with van der Waals surface area (Å²) < 4.78 is 26.6. The molecule has 6 nitrogen and oxygen atoms in total. The van der Waals surface area contributed by atoms with Gasteiger partial charge < -0.3 is 5.73 Å². The highest BCUT2D eigenvalue weighted by Crippen LogP contribution is 2.12. The Hall–Kier alpha value is -1.99. The summed E-state index contributed by atoms with van der Waals surface area (Å²) in [5.74, 6) is 0.167. The van der Waals surface area contributed by atoms with Crippen molar-refractivity contribution >= 4 is 15.8 Å². The molecule has 0 unspecified atom stereocenters. The quantitative estimate of drug-likeness (QED) is 0.863. The molecule has 0 bridgehead atoms. The monoisotopic (exact) mass is 278 g/mol. The highest BCUT2D eigenvalue weighted by Gasteiger charge is 2.14. The molecule has 2 heterocycles. The summed E-state index contributed by atoms with van der Waals surface area (Å²) in [6, 6.07) is 4.54. The van der Waals surface area contributed by atoms with Gasteiger partial charge in [0.2, 0.25) is 10.0 Å². The molecule has 0 fully saturated rings. The lowest BCUT2D eigenvalue weighted by Gasteiger charge is -2.08. The number of sulfonamides is 1. The Labute approximate surface area is 111 Å². The zero-order valence-corrected chi connectivity index (χ0v) is 11.2. The minimum absolute atomic E-state index is 0.0987. The Morgan fingerprint density at radius 2 is 2.11 bits per heavy atom. The first-order valence-electron chi connectivity index (χ1n) is 5.60. The van der Waals surface area contributed by atoms with Crippen LogP contribution in [0, 0.1) is 6.92 Å². The maximum atomic E-state index is 12.1. The Morgan fingerprint density at radius 1 is 1.32 bits per heavy atom. The third kappa shape index (κ3) is 3.27. The zero-order valence-electron chi connectivity index (χ0n) is 10.4. The van der Waals surface area contributed by atoms with Crippen molar-refractivity contribution in [3.8, 4) is 0 Å². The van der Waals surface area contributed by atoms with Crippen LogP contribution in [0.25, 0.3) is 0 Å². The average Bonchev–Trinajstić information content (AvgIpc) is 2.38. The largest absolute Gasteiger partial charge is 0.384 e. The number of nitrogen functional groups attached to an aromatic ring is 1. The highest BCUT2D eigenvalue weighted by atomic mass is 32.2. The summed E-state index contributed by atoms with van der Waals surface area (Å²) in [7, 11) is -3.60. The van der Waals surface area contributed by atoms with Crippen molar-refractivity contribution in [2.45, 2.75) is 18.4 Å². The number of aryl methyl sites for hydroxylation is 1. The lowest BCUT2D eigenvalue weighted by Crippen LogP contribution is -2.23. The summed E-state index contributed by atoms with van der Waals surface area (Å²) in [6.45, 7) is 2.08. The van der Waals surface area contributed by atoms with Crippen LogP contribution >= 0.6 is 0 Å². The van der Waals surface area contributed by atoms with Crippen molar-refractivity contribution in [2.24, 2.45) is 0 Å². The number of anilines is 1. The van der Waals surface area contributed by atoms with E-state index in [1.807, 2.05) is 13.0 Å². The molecule has 0 radical (unpaired) electrons. The number of nitrogens with two attached hydrogens (primary N) is 1. The molecule has 0 aromatic carbocycles. The van der Waals surface area contributed by atoms with Gasteiger partial charge in [-0.05, 0) is 30.2 Å². The number of hydrogen-bond donors (Lipinski definition) is 2. The molecule has 2 aromatic heterocycles. The van der Waals surface area contributed by atoms with E-state index in [9.17, 15) is 8.42 Å². The van der Waals surface area contributed by atoms with Gasteiger partial charge >= 0.3 is 0 Å². The van der Waals surface area contributed by atoms with Crippen molar-refractivity contribution in [1.82, 2.24) is 14.7 Å². The van der Waals surface area contributed by atoms with E-state index in [2.05, 4.69) is 14.7 Å². The summed E-state index contributed by atoms with van der Waals surface area (Å²) in [4.78, 5) is 7.83. The van der Waals surface area contributed by atoms with Gasteiger partial charge in [-0.2, -0.15) is 0 Å². The number of nitrogens with one attached hydrogen (secondary N) is 1. The molecule has 2 aromatic rings. The fourth-order valence-electron chi connectivity index (χ4n) is 1.53. The molecule has 0 saturated carbocycles. The molecule has 0 aliphatic rings. The van der Waals surface area contributed by atoms with Crippen molar-refractivity contribution in [3.63, 3.8) is 0 Å². The van der Waals surface area contributed by atoms with Gasteiger partial charge in [-0.3, -0.25) is 4.98 Å². The predicted molar refractivity (Wildman–Crippen MR) is 71.6 cm³/mol. The minimum atomic E-state index is -3.60. The second-order valence-corrected chi connectivity index (χ2v) is 5.81. The van der Waals surface area contributed by atoms with E-state index in [1.54, 1.807) is 12.4 Å². The van der Waals surface area contributed by atoms with Crippen LogP contribution in [0.4, 0.5) is 5.82 Å². The Balaban J connectivity index is 2.17. The summed E-state index contributed by atoms with van der Waals surface area (Å²) in [6.07, 6.45) is 4.66. The van der Waals surface area contributed by atoms with Gasteiger partial charge in [0.15, 0.2) is 0 Å². The maximum absolute atomic E-state index is 12.1. The number of hydrogen-bond acceptors (Lipinski definition) is 5. The van der Waals surface area contributed by atoms with Gasteiger partial charge in [-0.1, -0.05) is 0 Å². The Bertz CT molecular complexity index is 686. The molecule has 0 amide bonds. The van der Waals surface area contributed by atoms with Crippen LogP contribution in [-0.4, -0.2) is 18.4 Å². The van der Waals surface area contributed by atoms with Crippen molar-refractivity contribution in [3.05, 3.63) is 47.9 Å². The third-order valence-corrected chi connectivity index (χ3v) is 4.06. The minimum Gasteiger partial charge on any atom is -0.384 e. The number of aromatic nitrogens is 2. The van der Waals surface area contributed by atoms with Crippen LogP contribution in [0.15, 0.2) is 41.7 Å². The lowest BCUT2D eigenvalue weighted by molar-refractivity contribution is 0.581. The number of nitrogens with zero attached hydrogens (tertiary/aromatic N) is 2.